The fourth-order valence-electron chi connectivity index (χ4n) is 4.56. The second-order valence-corrected chi connectivity index (χ2v) is 13.7. The molecule has 0 aromatic heterocycles. The van der Waals surface area contributed by atoms with E-state index in [1.165, 1.54) is 22.7 Å². The van der Waals surface area contributed by atoms with Gasteiger partial charge in [-0.3, -0.25) is 4.31 Å². The lowest BCUT2D eigenvalue weighted by molar-refractivity contribution is 0.136. The third kappa shape index (κ3) is 5.11. The Morgan fingerprint density at radius 1 is 1.09 bits per heavy atom. The predicted molar refractivity (Wildman–Crippen MR) is 133 cm³/mol. The van der Waals surface area contributed by atoms with E-state index >= 15 is 0 Å². The Morgan fingerprint density at radius 2 is 1.74 bits per heavy atom. The number of benzene rings is 2. The van der Waals surface area contributed by atoms with Gasteiger partial charge in [0.25, 0.3) is 10.0 Å². The molecule has 186 valence electrons. The minimum Gasteiger partial charge on any atom is -0.492 e. The van der Waals surface area contributed by atoms with Crippen molar-refractivity contribution in [2.45, 2.75) is 37.0 Å². The zero-order chi connectivity index (χ0) is 24.7. The lowest BCUT2D eigenvalue weighted by Gasteiger charge is -2.27. The zero-order valence-electron chi connectivity index (χ0n) is 20.2. The summed E-state index contributed by atoms with van der Waals surface area (Å²) in [6.45, 7) is 8.23. The van der Waals surface area contributed by atoms with E-state index < -0.39 is 19.8 Å². The first-order valence-corrected chi connectivity index (χ1v) is 15.1. The summed E-state index contributed by atoms with van der Waals surface area (Å²) in [4.78, 5) is 0.120. The van der Waals surface area contributed by atoms with E-state index in [1.54, 1.807) is 6.07 Å². The third-order valence-corrected chi connectivity index (χ3v) is 9.60. The molecule has 0 radical (unpaired) electrons. The smallest absolute Gasteiger partial charge is 0.264 e. The van der Waals surface area contributed by atoms with Crippen LogP contribution in [0.4, 0.5) is 5.69 Å². The quantitative estimate of drug-likeness (QED) is 0.515. The molecule has 1 aliphatic carbocycles. The zero-order valence-corrected chi connectivity index (χ0v) is 21.8. The van der Waals surface area contributed by atoms with Crippen molar-refractivity contribution >= 4 is 25.4 Å². The fourth-order valence-corrected chi connectivity index (χ4v) is 7.16. The second-order valence-electron chi connectivity index (χ2n) is 9.74. The molecule has 1 heterocycles. The molecular formula is C25H34N2O5S2. The maximum atomic E-state index is 13.7. The Hall–Kier alpha value is -2.10. The summed E-state index contributed by atoms with van der Waals surface area (Å²) in [5, 5.41) is 0. The van der Waals surface area contributed by atoms with Crippen LogP contribution < -0.4 is 9.04 Å². The predicted octanol–water partition coefficient (Wildman–Crippen LogP) is 4.41. The van der Waals surface area contributed by atoms with E-state index in [0.29, 0.717) is 42.3 Å². The summed E-state index contributed by atoms with van der Waals surface area (Å²) in [6, 6.07) is 11.9. The Kier molecular flexibility index (Phi) is 6.99. The lowest BCUT2D eigenvalue weighted by atomic mass is 10.1. The molecule has 2 aromatic rings. The molecule has 9 heteroatoms. The van der Waals surface area contributed by atoms with Gasteiger partial charge in [-0.1, -0.05) is 32.9 Å². The van der Waals surface area contributed by atoms with Crippen molar-refractivity contribution in [3.8, 4) is 5.75 Å². The van der Waals surface area contributed by atoms with Gasteiger partial charge in [-0.25, -0.2) is 17.4 Å². The molecule has 4 atom stereocenters. The van der Waals surface area contributed by atoms with Gasteiger partial charge in [0, 0.05) is 18.7 Å². The van der Waals surface area contributed by atoms with Gasteiger partial charge in [-0.05, 0) is 60.1 Å². The largest absolute Gasteiger partial charge is 0.492 e. The van der Waals surface area contributed by atoms with Crippen LogP contribution >= 0.6 is 0 Å². The Labute approximate surface area is 203 Å². The average Bonchev–Trinajstić information content (AvgIpc) is 3.21. The highest BCUT2D eigenvalue weighted by atomic mass is 32.2. The third-order valence-electron chi connectivity index (χ3n) is 6.65. The van der Waals surface area contributed by atoms with Crippen molar-refractivity contribution in [1.82, 2.24) is 0 Å². The number of sulfonamides is 1. The summed E-state index contributed by atoms with van der Waals surface area (Å²) in [7, 11) is -7.16. The molecule has 7 nitrogen and oxygen atoms in total. The van der Waals surface area contributed by atoms with Crippen LogP contribution in [0.2, 0.25) is 0 Å². The molecule has 1 saturated heterocycles. The van der Waals surface area contributed by atoms with E-state index in [1.807, 2.05) is 38.1 Å². The van der Waals surface area contributed by atoms with Crippen molar-refractivity contribution in [2.24, 2.45) is 23.7 Å². The first-order valence-electron chi connectivity index (χ1n) is 11.7. The van der Waals surface area contributed by atoms with Crippen LogP contribution in [0.3, 0.4) is 0 Å². The van der Waals surface area contributed by atoms with Crippen LogP contribution in [0.1, 0.15) is 26.3 Å². The summed E-state index contributed by atoms with van der Waals surface area (Å²) >= 11 is 0. The average molecular weight is 507 g/mol. The van der Waals surface area contributed by atoms with Gasteiger partial charge in [0.2, 0.25) is 0 Å². The van der Waals surface area contributed by atoms with Crippen LogP contribution in [0.5, 0.6) is 5.75 Å². The molecule has 34 heavy (non-hydrogen) atoms. The lowest BCUT2D eigenvalue weighted by Crippen LogP contribution is -2.34. The van der Waals surface area contributed by atoms with E-state index in [2.05, 4.69) is 6.92 Å². The van der Waals surface area contributed by atoms with Gasteiger partial charge in [-0.2, -0.15) is 0 Å². The molecular weight excluding hydrogens is 472 g/mol. The van der Waals surface area contributed by atoms with E-state index in [0.717, 1.165) is 25.2 Å². The van der Waals surface area contributed by atoms with Crippen LogP contribution in [-0.4, -0.2) is 45.2 Å². The van der Waals surface area contributed by atoms with E-state index in [4.69, 9.17) is 14.3 Å². The number of ether oxygens (including phenoxy) is 2. The Bertz CT molecular complexity index is 1230. The Morgan fingerprint density at radius 3 is 2.29 bits per heavy atom. The van der Waals surface area contributed by atoms with Crippen molar-refractivity contribution in [2.75, 3.05) is 36.9 Å². The number of rotatable bonds is 10. The normalized spacial score (nSPS) is 23.4. The minimum absolute atomic E-state index is 0.00795. The molecule has 2 aromatic carbocycles. The van der Waals surface area contributed by atoms with Gasteiger partial charge >= 0.3 is 0 Å². The SMILES string of the molecule is CCc1ccc(N(CC(C)C)S(=O)(=O)c2ccc(OC[C@H]3[C@@H]4COC[C@@H]43)c(S(C)(=N)=O)c2)cc1. The summed E-state index contributed by atoms with van der Waals surface area (Å²) < 4.78 is 61.2. The van der Waals surface area contributed by atoms with Gasteiger partial charge in [0.15, 0.2) is 0 Å². The topological polar surface area (TPSA) is 96.8 Å². The fraction of sp³-hybridized carbons (Fsp3) is 0.520. The second kappa shape index (κ2) is 9.51. The summed E-state index contributed by atoms with van der Waals surface area (Å²) in [5.74, 6) is 1.82. The number of hydrogen-bond donors (Lipinski definition) is 1. The van der Waals surface area contributed by atoms with E-state index in [9.17, 15) is 12.6 Å². The Balaban J connectivity index is 1.65. The highest BCUT2D eigenvalue weighted by Gasteiger charge is 2.54. The van der Waals surface area contributed by atoms with Gasteiger partial charge in [0.05, 0.1) is 45.0 Å². The van der Waals surface area contributed by atoms with Crippen molar-refractivity contribution in [1.29, 1.82) is 4.78 Å². The molecule has 1 saturated carbocycles. The number of anilines is 1. The van der Waals surface area contributed by atoms with Crippen molar-refractivity contribution in [3.63, 3.8) is 0 Å². The number of aryl methyl sites for hydroxylation is 1. The molecule has 0 bridgehead atoms. The van der Waals surface area contributed by atoms with Crippen LogP contribution in [0.15, 0.2) is 52.3 Å². The van der Waals surface area contributed by atoms with Crippen LogP contribution in [0, 0.1) is 28.5 Å². The van der Waals surface area contributed by atoms with Crippen LogP contribution in [-0.2, 0) is 30.9 Å². The summed E-state index contributed by atoms with van der Waals surface area (Å²) in [6.07, 6.45) is 2.16. The molecule has 2 fully saturated rings. The highest BCUT2D eigenvalue weighted by molar-refractivity contribution is 7.93. The van der Waals surface area contributed by atoms with Gasteiger partial charge in [0.1, 0.15) is 5.75 Å². The number of hydrogen-bond acceptors (Lipinski definition) is 6. The number of fused-ring (bicyclic) bond motifs is 1. The van der Waals surface area contributed by atoms with Crippen molar-refractivity contribution in [3.05, 3.63) is 48.0 Å². The first-order chi connectivity index (χ1) is 16.0. The van der Waals surface area contributed by atoms with Gasteiger partial charge in [-0.15, -0.1) is 0 Å². The minimum atomic E-state index is -3.95. The standard InChI is InChI=1S/C25H34N2O5S2/c1-5-18-6-8-19(9-7-18)27(13-17(2)3)34(29,30)20-10-11-24(25(12-20)33(4,26)28)32-16-23-21-14-31-15-22(21)23/h6-12,17,21-23,26H,5,13-16H2,1-4H3/t21-,22+,23+,33?. The molecule has 2 aliphatic rings. The molecule has 4 rings (SSSR count). The highest BCUT2D eigenvalue weighted by Crippen LogP contribution is 2.50. The maximum Gasteiger partial charge on any atom is 0.264 e. The monoisotopic (exact) mass is 506 g/mol. The first kappa shape index (κ1) is 25.0. The molecule has 0 amide bonds. The summed E-state index contributed by atoms with van der Waals surface area (Å²) in [5.41, 5.74) is 1.71. The van der Waals surface area contributed by atoms with Crippen LogP contribution in [0.25, 0.3) is 0 Å². The molecule has 0 spiro atoms. The van der Waals surface area contributed by atoms with Gasteiger partial charge < -0.3 is 9.47 Å². The molecule has 1 N–H and O–H groups in total. The molecule has 1 unspecified atom stereocenters. The molecule has 1 aliphatic heterocycles. The van der Waals surface area contributed by atoms with E-state index in [-0.39, 0.29) is 15.7 Å². The number of nitrogens with one attached hydrogen (secondary N) is 1. The van der Waals surface area contributed by atoms with Crippen molar-refractivity contribution < 1.29 is 22.1 Å². The maximum absolute atomic E-state index is 13.7. The number of nitrogens with zero attached hydrogens (tertiary/aromatic N) is 1.